The van der Waals surface area contributed by atoms with Crippen LogP contribution in [0, 0.1) is 19.7 Å². The highest BCUT2D eigenvalue weighted by Gasteiger charge is 2.16. The van der Waals surface area contributed by atoms with Crippen LogP contribution in [0.15, 0.2) is 40.9 Å². The molecule has 0 spiro atoms. The van der Waals surface area contributed by atoms with Gasteiger partial charge >= 0.3 is 0 Å². The fourth-order valence-electron chi connectivity index (χ4n) is 1.96. The van der Waals surface area contributed by atoms with Gasteiger partial charge in [-0.25, -0.2) is 4.39 Å². The minimum atomic E-state index is -0.750. The van der Waals surface area contributed by atoms with Gasteiger partial charge in [0, 0.05) is 4.47 Å². The van der Waals surface area contributed by atoms with Crippen LogP contribution in [-0.4, -0.2) is 5.11 Å². The van der Waals surface area contributed by atoms with Crippen LogP contribution in [0.2, 0.25) is 0 Å². The van der Waals surface area contributed by atoms with E-state index >= 15 is 0 Å². The van der Waals surface area contributed by atoms with Crippen molar-refractivity contribution in [2.75, 3.05) is 0 Å². The van der Waals surface area contributed by atoms with Crippen molar-refractivity contribution in [1.82, 2.24) is 0 Å². The molecule has 0 bridgehead atoms. The van der Waals surface area contributed by atoms with E-state index in [1.165, 1.54) is 12.1 Å². The quantitative estimate of drug-likeness (QED) is 0.877. The average molecular weight is 309 g/mol. The van der Waals surface area contributed by atoms with Gasteiger partial charge in [0.05, 0.1) is 0 Å². The van der Waals surface area contributed by atoms with Gasteiger partial charge in [-0.3, -0.25) is 0 Å². The molecule has 0 saturated heterocycles. The third kappa shape index (κ3) is 2.47. The molecule has 0 aliphatic rings. The minimum Gasteiger partial charge on any atom is -0.384 e. The highest BCUT2D eigenvalue weighted by Crippen LogP contribution is 2.31. The predicted octanol–water partition coefficient (Wildman–Crippen LogP) is 4.29. The van der Waals surface area contributed by atoms with Gasteiger partial charge < -0.3 is 5.11 Å². The molecule has 0 aliphatic carbocycles. The molecule has 3 heteroatoms. The van der Waals surface area contributed by atoms with Crippen molar-refractivity contribution in [3.8, 4) is 0 Å². The predicted molar refractivity (Wildman–Crippen MR) is 74.1 cm³/mol. The number of aliphatic hydroxyl groups excluding tert-OH is 1. The normalized spacial score (nSPS) is 12.5. The average Bonchev–Trinajstić information content (AvgIpc) is 2.32. The molecule has 2 aromatic rings. The summed E-state index contributed by atoms with van der Waals surface area (Å²) < 4.78 is 13.6. The maximum Gasteiger partial charge on any atom is 0.124 e. The first-order chi connectivity index (χ1) is 8.50. The number of aryl methyl sites for hydroxylation is 1. The Morgan fingerprint density at radius 1 is 1.11 bits per heavy atom. The van der Waals surface area contributed by atoms with E-state index in [1.807, 2.05) is 32.0 Å². The number of rotatable bonds is 2. The molecule has 94 valence electrons. The minimum absolute atomic E-state index is 0.321. The molecular formula is C15H14BrFO. The summed E-state index contributed by atoms with van der Waals surface area (Å²) in [5.74, 6) is -0.321. The van der Waals surface area contributed by atoms with Gasteiger partial charge in [-0.15, -0.1) is 0 Å². The SMILES string of the molecule is Cc1cccc(C(O)c2ccc(F)cc2Br)c1C. The van der Waals surface area contributed by atoms with E-state index in [0.29, 0.717) is 10.0 Å². The van der Waals surface area contributed by atoms with Crippen molar-refractivity contribution in [3.05, 3.63) is 68.9 Å². The Balaban J connectivity index is 2.48. The van der Waals surface area contributed by atoms with Gasteiger partial charge in [-0.1, -0.05) is 40.2 Å². The topological polar surface area (TPSA) is 20.2 Å². The third-order valence-electron chi connectivity index (χ3n) is 3.20. The maximum atomic E-state index is 13.0. The second-order valence-corrected chi connectivity index (χ2v) is 5.21. The van der Waals surface area contributed by atoms with Crippen molar-refractivity contribution in [3.63, 3.8) is 0 Å². The van der Waals surface area contributed by atoms with Crippen molar-refractivity contribution in [2.45, 2.75) is 20.0 Å². The number of aliphatic hydroxyl groups is 1. The van der Waals surface area contributed by atoms with E-state index in [1.54, 1.807) is 6.07 Å². The molecule has 0 saturated carbocycles. The molecule has 1 unspecified atom stereocenters. The first kappa shape index (κ1) is 13.2. The molecule has 1 N–H and O–H groups in total. The van der Waals surface area contributed by atoms with Crippen LogP contribution in [0.4, 0.5) is 4.39 Å². The van der Waals surface area contributed by atoms with E-state index in [0.717, 1.165) is 16.7 Å². The maximum absolute atomic E-state index is 13.0. The van der Waals surface area contributed by atoms with E-state index in [4.69, 9.17) is 0 Å². The van der Waals surface area contributed by atoms with Crippen molar-refractivity contribution >= 4 is 15.9 Å². The molecular weight excluding hydrogens is 295 g/mol. The fraction of sp³-hybridized carbons (Fsp3) is 0.200. The molecule has 0 amide bonds. The van der Waals surface area contributed by atoms with Gasteiger partial charge in [0.1, 0.15) is 11.9 Å². The summed E-state index contributed by atoms with van der Waals surface area (Å²) >= 11 is 3.29. The van der Waals surface area contributed by atoms with Crippen molar-refractivity contribution < 1.29 is 9.50 Å². The van der Waals surface area contributed by atoms with Crippen LogP contribution in [0.5, 0.6) is 0 Å². The Morgan fingerprint density at radius 3 is 2.50 bits per heavy atom. The Kier molecular flexibility index (Phi) is 3.83. The summed E-state index contributed by atoms with van der Waals surface area (Å²) in [5, 5.41) is 10.4. The van der Waals surface area contributed by atoms with E-state index in [-0.39, 0.29) is 5.82 Å². The fourth-order valence-corrected chi connectivity index (χ4v) is 2.53. The molecule has 0 heterocycles. The number of hydrogen-bond donors (Lipinski definition) is 1. The van der Waals surface area contributed by atoms with Crippen molar-refractivity contribution in [2.24, 2.45) is 0 Å². The summed E-state index contributed by atoms with van der Waals surface area (Å²) in [4.78, 5) is 0. The first-order valence-electron chi connectivity index (χ1n) is 5.70. The van der Waals surface area contributed by atoms with Gasteiger partial charge in [0.15, 0.2) is 0 Å². The Bertz CT molecular complexity index is 581. The highest BCUT2D eigenvalue weighted by molar-refractivity contribution is 9.10. The van der Waals surface area contributed by atoms with Crippen LogP contribution in [0.3, 0.4) is 0 Å². The lowest BCUT2D eigenvalue weighted by atomic mass is 9.95. The molecule has 2 aromatic carbocycles. The van der Waals surface area contributed by atoms with Crippen LogP contribution in [0.25, 0.3) is 0 Å². The van der Waals surface area contributed by atoms with Gasteiger partial charge in [-0.05, 0) is 48.2 Å². The Hall–Kier alpha value is -1.19. The van der Waals surface area contributed by atoms with Crippen LogP contribution >= 0.6 is 15.9 Å². The summed E-state index contributed by atoms with van der Waals surface area (Å²) in [6.45, 7) is 3.98. The van der Waals surface area contributed by atoms with E-state index < -0.39 is 6.10 Å². The van der Waals surface area contributed by atoms with Crippen LogP contribution in [-0.2, 0) is 0 Å². The lowest BCUT2D eigenvalue weighted by molar-refractivity contribution is 0.218. The zero-order chi connectivity index (χ0) is 13.3. The Labute approximate surface area is 114 Å². The molecule has 0 aromatic heterocycles. The number of benzene rings is 2. The molecule has 18 heavy (non-hydrogen) atoms. The zero-order valence-corrected chi connectivity index (χ0v) is 11.8. The summed E-state index contributed by atoms with van der Waals surface area (Å²) in [5.41, 5.74) is 3.71. The summed E-state index contributed by atoms with van der Waals surface area (Å²) in [7, 11) is 0. The van der Waals surface area contributed by atoms with Gasteiger partial charge in [-0.2, -0.15) is 0 Å². The Morgan fingerprint density at radius 2 is 1.83 bits per heavy atom. The molecule has 1 atom stereocenters. The molecule has 0 fully saturated rings. The lowest BCUT2D eigenvalue weighted by Gasteiger charge is -2.17. The van der Waals surface area contributed by atoms with Gasteiger partial charge in [0.2, 0.25) is 0 Å². The zero-order valence-electron chi connectivity index (χ0n) is 10.2. The van der Waals surface area contributed by atoms with Crippen LogP contribution < -0.4 is 0 Å². The summed E-state index contributed by atoms with van der Waals surface area (Å²) in [6.07, 6.45) is -0.750. The smallest absolute Gasteiger partial charge is 0.124 e. The second-order valence-electron chi connectivity index (χ2n) is 4.36. The largest absolute Gasteiger partial charge is 0.384 e. The standard InChI is InChI=1S/C15H14BrFO/c1-9-4-3-5-12(10(9)2)15(18)13-7-6-11(17)8-14(13)16/h3-8,15,18H,1-2H3. The molecule has 2 rings (SSSR count). The van der Waals surface area contributed by atoms with E-state index in [2.05, 4.69) is 15.9 Å². The van der Waals surface area contributed by atoms with E-state index in [9.17, 15) is 9.50 Å². The summed E-state index contributed by atoms with van der Waals surface area (Å²) in [6, 6.07) is 10.1. The first-order valence-corrected chi connectivity index (χ1v) is 6.49. The highest BCUT2D eigenvalue weighted by atomic mass is 79.9. The number of halogens is 2. The molecule has 0 radical (unpaired) electrons. The second kappa shape index (κ2) is 5.21. The number of hydrogen-bond acceptors (Lipinski definition) is 1. The lowest BCUT2D eigenvalue weighted by Crippen LogP contribution is -2.04. The third-order valence-corrected chi connectivity index (χ3v) is 3.88. The monoisotopic (exact) mass is 308 g/mol. The van der Waals surface area contributed by atoms with Crippen LogP contribution in [0.1, 0.15) is 28.4 Å². The molecule has 0 aliphatic heterocycles. The van der Waals surface area contributed by atoms with Gasteiger partial charge in [0.25, 0.3) is 0 Å². The molecule has 1 nitrogen and oxygen atoms in total. The van der Waals surface area contributed by atoms with Crippen molar-refractivity contribution in [1.29, 1.82) is 0 Å².